The Labute approximate surface area is 115 Å². The van der Waals surface area contributed by atoms with Crippen LogP contribution in [0.1, 0.15) is 12.8 Å². The van der Waals surface area contributed by atoms with Gasteiger partial charge in [-0.05, 0) is 28.8 Å². The minimum atomic E-state index is -3.49. The number of nitrogens with zero attached hydrogens (tertiary/aromatic N) is 3. The van der Waals surface area contributed by atoms with Gasteiger partial charge in [0.05, 0.1) is 12.3 Å². The summed E-state index contributed by atoms with van der Waals surface area (Å²) in [5.74, 6) is 0. The van der Waals surface area contributed by atoms with Crippen LogP contribution in [0.3, 0.4) is 0 Å². The van der Waals surface area contributed by atoms with Crippen molar-refractivity contribution in [3.63, 3.8) is 0 Å². The molecule has 0 N–H and O–H groups in total. The number of rotatable bonds is 3. The molecule has 0 radical (unpaired) electrons. The van der Waals surface area contributed by atoms with Crippen LogP contribution >= 0.6 is 15.9 Å². The van der Waals surface area contributed by atoms with Gasteiger partial charge in [-0.15, -0.1) is 0 Å². The molecule has 1 aliphatic heterocycles. The van der Waals surface area contributed by atoms with Gasteiger partial charge in [0, 0.05) is 27.2 Å². The maximum Gasteiger partial charge on any atom is 0.247 e. The van der Waals surface area contributed by atoms with Gasteiger partial charge >= 0.3 is 0 Å². The second kappa shape index (κ2) is 5.28. The molecular weight excluding hydrogens is 322 g/mol. The van der Waals surface area contributed by atoms with Crippen LogP contribution in [-0.2, 0) is 21.8 Å². The van der Waals surface area contributed by atoms with Gasteiger partial charge in [-0.3, -0.25) is 4.68 Å². The van der Waals surface area contributed by atoms with E-state index in [-0.39, 0.29) is 11.0 Å². The highest BCUT2D eigenvalue weighted by Gasteiger charge is 2.32. The van der Waals surface area contributed by atoms with Crippen LogP contribution in [0, 0.1) is 0 Å². The smallest absolute Gasteiger partial charge is 0.247 e. The van der Waals surface area contributed by atoms with Crippen molar-refractivity contribution in [3.8, 4) is 0 Å². The molecule has 0 spiro atoms. The van der Waals surface area contributed by atoms with E-state index in [9.17, 15) is 8.42 Å². The Hall–Kier alpha value is -0.440. The van der Waals surface area contributed by atoms with Crippen LogP contribution in [0.5, 0.6) is 0 Å². The maximum atomic E-state index is 12.5. The quantitative estimate of drug-likeness (QED) is 0.824. The molecule has 8 heteroatoms. The van der Waals surface area contributed by atoms with Crippen molar-refractivity contribution in [1.82, 2.24) is 14.1 Å². The summed E-state index contributed by atoms with van der Waals surface area (Å²) in [7, 11) is -0.188. The van der Waals surface area contributed by atoms with Crippen molar-refractivity contribution < 1.29 is 13.2 Å². The van der Waals surface area contributed by atoms with Gasteiger partial charge < -0.3 is 4.74 Å². The fourth-order valence-corrected chi connectivity index (χ4v) is 4.37. The Bertz CT molecular complexity index is 528. The number of hydrogen-bond acceptors (Lipinski definition) is 4. The Morgan fingerprint density at radius 3 is 2.83 bits per heavy atom. The fourth-order valence-electron chi connectivity index (χ4n) is 2.03. The number of aryl methyl sites for hydroxylation is 1. The van der Waals surface area contributed by atoms with Gasteiger partial charge in [-0.25, -0.2) is 8.42 Å². The lowest BCUT2D eigenvalue weighted by Crippen LogP contribution is -2.42. The SMILES string of the molecule is COC1CCCN(S(=O)(=O)c2cnn(C)c2Br)C1. The molecule has 0 saturated carbocycles. The Balaban J connectivity index is 2.28. The third kappa shape index (κ3) is 2.47. The lowest BCUT2D eigenvalue weighted by molar-refractivity contribution is 0.0571. The fraction of sp³-hybridized carbons (Fsp3) is 0.700. The first-order chi connectivity index (χ1) is 8.46. The van der Waals surface area contributed by atoms with Crippen LogP contribution in [0.4, 0.5) is 0 Å². The second-order valence-electron chi connectivity index (χ2n) is 4.29. The second-order valence-corrected chi connectivity index (χ2v) is 6.94. The highest BCUT2D eigenvalue weighted by molar-refractivity contribution is 9.10. The molecule has 102 valence electrons. The molecule has 2 rings (SSSR count). The van der Waals surface area contributed by atoms with E-state index in [1.165, 1.54) is 15.2 Å². The lowest BCUT2D eigenvalue weighted by Gasteiger charge is -2.30. The normalized spacial score (nSPS) is 22.3. The predicted octanol–water partition coefficient (Wildman–Crippen LogP) is 0.982. The van der Waals surface area contributed by atoms with E-state index in [0.29, 0.717) is 17.7 Å². The van der Waals surface area contributed by atoms with E-state index in [1.807, 2.05) is 0 Å². The van der Waals surface area contributed by atoms with Crippen LogP contribution < -0.4 is 0 Å². The minimum Gasteiger partial charge on any atom is -0.380 e. The van der Waals surface area contributed by atoms with E-state index in [4.69, 9.17) is 4.74 Å². The molecule has 18 heavy (non-hydrogen) atoms. The summed E-state index contributed by atoms with van der Waals surface area (Å²) in [6.07, 6.45) is 3.06. The first-order valence-corrected chi connectivity index (χ1v) is 7.90. The summed E-state index contributed by atoms with van der Waals surface area (Å²) in [6.45, 7) is 0.934. The van der Waals surface area contributed by atoms with Crippen molar-refractivity contribution in [2.75, 3.05) is 20.2 Å². The Morgan fingerprint density at radius 2 is 2.28 bits per heavy atom. The van der Waals surface area contributed by atoms with Crippen molar-refractivity contribution >= 4 is 26.0 Å². The molecule has 1 fully saturated rings. The zero-order valence-corrected chi connectivity index (χ0v) is 12.7. The van der Waals surface area contributed by atoms with E-state index in [1.54, 1.807) is 14.2 Å². The van der Waals surface area contributed by atoms with Crippen molar-refractivity contribution in [2.24, 2.45) is 7.05 Å². The van der Waals surface area contributed by atoms with Gasteiger partial charge in [-0.2, -0.15) is 9.40 Å². The molecule has 0 bridgehead atoms. The molecule has 6 nitrogen and oxygen atoms in total. The van der Waals surface area contributed by atoms with E-state index >= 15 is 0 Å². The van der Waals surface area contributed by atoms with E-state index in [0.717, 1.165) is 12.8 Å². The summed E-state index contributed by atoms with van der Waals surface area (Å²) >= 11 is 3.25. The molecule has 1 saturated heterocycles. The standard InChI is InChI=1S/C10H16BrN3O3S/c1-13-10(11)9(6-12-13)18(15,16)14-5-3-4-8(7-14)17-2/h6,8H,3-5,7H2,1-2H3. The van der Waals surface area contributed by atoms with Gasteiger partial charge in [0.15, 0.2) is 0 Å². The predicted molar refractivity (Wildman–Crippen MR) is 69.7 cm³/mol. The molecule has 1 aromatic rings. The summed E-state index contributed by atoms with van der Waals surface area (Å²) in [4.78, 5) is 0.210. The van der Waals surface area contributed by atoms with Crippen LogP contribution in [0.25, 0.3) is 0 Å². The number of piperidine rings is 1. The van der Waals surface area contributed by atoms with Crippen LogP contribution in [0.15, 0.2) is 15.7 Å². The first kappa shape index (κ1) is 14.0. The highest BCUT2D eigenvalue weighted by atomic mass is 79.9. The van der Waals surface area contributed by atoms with Crippen LogP contribution in [0.2, 0.25) is 0 Å². The van der Waals surface area contributed by atoms with E-state index in [2.05, 4.69) is 21.0 Å². The highest BCUT2D eigenvalue weighted by Crippen LogP contribution is 2.26. The molecule has 2 heterocycles. The zero-order chi connectivity index (χ0) is 13.3. The maximum absolute atomic E-state index is 12.5. The molecule has 0 aliphatic carbocycles. The Morgan fingerprint density at radius 1 is 1.56 bits per heavy atom. The summed E-state index contributed by atoms with van der Waals surface area (Å²) in [6, 6.07) is 0. The molecular formula is C10H16BrN3O3S. The molecule has 1 atom stereocenters. The number of hydrogen-bond donors (Lipinski definition) is 0. The van der Waals surface area contributed by atoms with Gasteiger partial charge in [-0.1, -0.05) is 0 Å². The van der Waals surface area contributed by atoms with E-state index < -0.39 is 10.0 Å². The van der Waals surface area contributed by atoms with Crippen LogP contribution in [-0.4, -0.2) is 48.8 Å². The topological polar surface area (TPSA) is 64.4 Å². The summed E-state index contributed by atoms with van der Waals surface area (Å²) in [5, 5.41) is 3.95. The number of methoxy groups -OCH3 is 1. The van der Waals surface area contributed by atoms with Crippen molar-refractivity contribution in [2.45, 2.75) is 23.8 Å². The number of halogens is 1. The molecule has 1 unspecified atom stereocenters. The number of aromatic nitrogens is 2. The average Bonchev–Trinajstić information content (AvgIpc) is 2.70. The zero-order valence-electron chi connectivity index (χ0n) is 10.3. The first-order valence-electron chi connectivity index (χ1n) is 5.67. The van der Waals surface area contributed by atoms with Gasteiger partial charge in [0.25, 0.3) is 0 Å². The summed E-state index contributed by atoms with van der Waals surface area (Å²) in [5.41, 5.74) is 0. The van der Waals surface area contributed by atoms with Crippen molar-refractivity contribution in [1.29, 1.82) is 0 Å². The molecule has 1 aromatic heterocycles. The van der Waals surface area contributed by atoms with Crippen molar-refractivity contribution in [3.05, 3.63) is 10.8 Å². The molecule has 0 aromatic carbocycles. The van der Waals surface area contributed by atoms with Gasteiger partial charge in [0.2, 0.25) is 10.0 Å². The molecule has 1 aliphatic rings. The number of ether oxygens (including phenoxy) is 1. The monoisotopic (exact) mass is 337 g/mol. The third-order valence-electron chi connectivity index (χ3n) is 3.13. The largest absolute Gasteiger partial charge is 0.380 e. The number of sulfonamides is 1. The van der Waals surface area contributed by atoms with Gasteiger partial charge in [0.1, 0.15) is 9.50 Å². The summed E-state index contributed by atoms with van der Waals surface area (Å²) < 4.78 is 33.6. The third-order valence-corrected chi connectivity index (χ3v) is 6.20. The average molecular weight is 338 g/mol. The lowest BCUT2D eigenvalue weighted by atomic mass is 10.1. The Kier molecular flexibility index (Phi) is 4.10. The minimum absolute atomic E-state index is 0.0241. The molecule has 0 amide bonds.